The number of carbonyl (C=O) groups excluding carboxylic acids is 1. The topological polar surface area (TPSA) is 50.6 Å². The Labute approximate surface area is 138 Å². The largest absolute Gasteiger partial charge is 0.435 e. The molecule has 0 spiro atoms. The van der Waals surface area contributed by atoms with Gasteiger partial charge in [-0.1, -0.05) is 0 Å². The van der Waals surface area contributed by atoms with E-state index in [1.54, 1.807) is 4.90 Å². The lowest BCUT2D eigenvalue weighted by Gasteiger charge is -2.35. The van der Waals surface area contributed by atoms with E-state index < -0.39 is 11.9 Å². The van der Waals surface area contributed by atoms with E-state index in [9.17, 15) is 18.0 Å². The van der Waals surface area contributed by atoms with Crippen molar-refractivity contribution in [1.82, 2.24) is 19.6 Å². The minimum Gasteiger partial charge on any atom is -0.377 e. The highest BCUT2D eigenvalue weighted by atomic mass is 19.4. The minimum absolute atomic E-state index is 0.165. The molecule has 0 bridgehead atoms. The molecule has 0 aromatic carbocycles. The average Bonchev–Trinajstić information content (AvgIpc) is 3.19. The van der Waals surface area contributed by atoms with Crippen LogP contribution in [0.4, 0.5) is 13.2 Å². The van der Waals surface area contributed by atoms with Gasteiger partial charge in [-0.05, 0) is 18.9 Å². The smallest absolute Gasteiger partial charge is 0.377 e. The molecule has 2 aliphatic rings. The van der Waals surface area contributed by atoms with E-state index in [0.717, 1.165) is 49.8 Å². The van der Waals surface area contributed by atoms with E-state index >= 15 is 0 Å². The second-order valence-corrected chi connectivity index (χ2v) is 6.21. The molecule has 1 amide bonds. The predicted molar refractivity (Wildman–Crippen MR) is 79.2 cm³/mol. The molecule has 1 unspecified atom stereocenters. The predicted octanol–water partition coefficient (Wildman–Crippen LogP) is 1.23. The molecule has 134 valence electrons. The normalized spacial score (nSPS) is 23.0. The maximum Gasteiger partial charge on any atom is 0.435 e. The van der Waals surface area contributed by atoms with Gasteiger partial charge in [0, 0.05) is 45.5 Å². The summed E-state index contributed by atoms with van der Waals surface area (Å²) in [5, 5.41) is 3.42. The molecule has 6 nitrogen and oxygen atoms in total. The van der Waals surface area contributed by atoms with E-state index in [-0.39, 0.29) is 18.6 Å². The Balaban J connectivity index is 1.45. The Kier molecular flexibility index (Phi) is 5.09. The number of rotatable bonds is 4. The maximum atomic E-state index is 12.5. The minimum atomic E-state index is -4.48. The number of alkyl halides is 3. The van der Waals surface area contributed by atoms with E-state index in [0.29, 0.717) is 13.1 Å². The summed E-state index contributed by atoms with van der Waals surface area (Å²) < 4.78 is 44.2. The van der Waals surface area contributed by atoms with Crippen LogP contribution in [0.15, 0.2) is 12.3 Å². The first-order valence-corrected chi connectivity index (χ1v) is 8.14. The number of amides is 1. The fraction of sp³-hybridized carbons (Fsp3) is 0.733. The lowest BCUT2D eigenvalue weighted by atomic mass is 10.2. The summed E-state index contributed by atoms with van der Waals surface area (Å²) in [6.07, 6.45) is -0.819. The van der Waals surface area contributed by atoms with Crippen molar-refractivity contribution in [3.8, 4) is 0 Å². The number of hydrogen-bond donors (Lipinski definition) is 0. The molecule has 0 aliphatic carbocycles. The van der Waals surface area contributed by atoms with Crippen LogP contribution in [0.1, 0.15) is 18.5 Å². The van der Waals surface area contributed by atoms with E-state index in [1.165, 1.54) is 6.20 Å². The van der Waals surface area contributed by atoms with Crippen LogP contribution in [0.2, 0.25) is 0 Å². The Morgan fingerprint density at radius 1 is 1.29 bits per heavy atom. The van der Waals surface area contributed by atoms with Crippen LogP contribution >= 0.6 is 0 Å². The molecule has 0 N–H and O–H groups in total. The number of carbonyl (C=O) groups is 1. The highest BCUT2D eigenvalue weighted by molar-refractivity contribution is 5.76. The number of aromatic nitrogens is 2. The lowest BCUT2D eigenvalue weighted by molar-refractivity contribution is -0.142. The standard InChI is InChI=1S/C15H21F3N4O2/c16-15(17,18)13-3-4-22(19-13)11-14(23)21-7-5-20(6-8-21)10-12-2-1-9-24-12/h3-4,12H,1-2,5-11H2. The van der Waals surface area contributed by atoms with Crippen LogP contribution in [-0.2, 0) is 22.3 Å². The van der Waals surface area contributed by atoms with Crippen molar-refractivity contribution in [2.45, 2.75) is 31.7 Å². The Morgan fingerprint density at radius 2 is 2.04 bits per heavy atom. The molecular weight excluding hydrogens is 325 g/mol. The van der Waals surface area contributed by atoms with Gasteiger partial charge >= 0.3 is 6.18 Å². The van der Waals surface area contributed by atoms with Gasteiger partial charge in [0.1, 0.15) is 6.54 Å². The highest BCUT2D eigenvalue weighted by Crippen LogP contribution is 2.27. The molecule has 1 aromatic heterocycles. The van der Waals surface area contributed by atoms with E-state index in [4.69, 9.17) is 4.74 Å². The number of hydrogen-bond acceptors (Lipinski definition) is 4. The molecule has 3 heterocycles. The molecule has 1 atom stereocenters. The van der Waals surface area contributed by atoms with Crippen LogP contribution in [0.25, 0.3) is 0 Å². The monoisotopic (exact) mass is 346 g/mol. The second-order valence-electron chi connectivity index (χ2n) is 6.21. The Bertz CT molecular complexity index is 561. The summed E-state index contributed by atoms with van der Waals surface area (Å²) in [6.45, 7) is 4.24. The van der Waals surface area contributed by atoms with Crippen LogP contribution in [0.3, 0.4) is 0 Å². The number of halogens is 3. The van der Waals surface area contributed by atoms with Crippen LogP contribution < -0.4 is 0 Å². The SMILES string of the molecule is O=C(Cn1ccc(C(F)(F)F)n1)N1CCN(CC2CCCO2)CC1. The quantitative estimate of drug-likeness (QED) is 0.823. The van der Waals surface area contributed by atoms with E-state index in [1.807, 2.05) is 0 Å². The highest BCUT2D eigenvalue weighted by Gasteiger charge is 2.34. The molecular formula is C15H21F3N4O2. The number of ether oxygens (including phenoxy) is 1. The van der Waals surface area contributed by atoms with Crippen molar-refractivity contribution < 1.29 is 22.7 Å². The summed E-state index contributed by atoms with van der Waals surface area (Å²) in [6, 6.07) is 0.882. The van der Waals surface area contributed by atoms with Crippen molar-refractivity contribution in [3.63, 3.8) is 0 Å². The Hall–Kier alpha value is -1.61. The van der Waals surface area contributed by atoms with Gasteiger partial charge in [0.05, 0.1) is 6.10 Å². The molecule has 3 rings (SSSR count). The third-order valence-corrected chi connectivity index (χ3v) is 4.44. The zero-order chi connectivity index (χ0) is 17.2. The first kappa shape index (κ1) is 17.2. The fourth-order valence-corrected chi connectivity index (χ4v) is 3.10. The molecule has 0 radical (unpaired) electrons. The fourth-order valence-electron chi connectivity index (χ4n) is 3.10. The van der Waals surface area contributed by atoms with Gasteiger partial charge in [-0.25, -0.2) is 0 Å². The molecule has 2 saturated heterocycles. The van der Waals surface area contributed by atoms with Crippen LogP contribution in [0, 0.1) is 0 Å². The van der Waals surface area contributed by atoms with Crippen molar-refractivity contribution in [2.24, 2.45) is 0 Å². The van der Waals surface area contributed by atoms with Crippen molar-refractivity contribution in [2.75, 3.05) is 39.3 Å². The third-order valence-electron chi connectivity index (χ3n) is 4.44. The summed E-state index contributed by atoms with van der Waals surface area (Å²) in [4.78, 5) is 16.2. The van der Waals surface area contributed by atoms with Gasteiger partial charge in [-0.3, -0.25) is 14.4 Å². The van der Waals surface area contributed by atoms with E-state index in [2.05, 4.69) is 10.00 Å². The van der Waals surface area contributed by atoms with Gasteiger partial charge in [0.15, 0.2) is 5.69 Å². The lowest BCUT2D eigenvalue weighted by Crippen LogP contribution is -2.51. The van der Waals surface area contributed by atoms with Crippen molar-refractivity contribution in [3.05, 3.63) is 18.0 Å². The summed E-state index contributed by atoms with van der Waals surface area (Å²) in [5.74, 6) is -0.205. The molecule has 1 aromatic rings. The van der Waals surface area contributed by atoms with Gasteiger partial charge in [0.2, 0.25) is 5.91 Å². The molecule has 9 heteroatoms. The zero-order valence-corrected chi connectivity index (χ0v) is 13.3. The third kappa shape index (κ3) is 4.27. The first-order valence-electron chi connectivity index (χ1n) is 8.14. The summed E-state index contributed by atoms with van der Waals surface area (Å²) in [5.41, 5.74) is -0.975. The van der Waals surface area contributed by atoms with Crippen molar-refractivity contribution in [1.29, 1.82) is 0 Å². The molecule has 24 heavy (non-hydrogen) atoms. The van der Waals surface area contributed by atoms with Crippen molar-refractivity contribution >= 4 is 5.91 Å². The second kappa shape index (κ2) is 7.10. The molecule has 2 aliphatic heterocycles. The maximum absolute atomic E-state index is 12.5. The van der Waals surface area contributed by atoms with Gasteiger partial charge in [-0.15, -0.1) is 0 Å². The Morgan fingerprint density at radius 3 is 2.62 bits per heavy atom. The van der Waals surface area contributed by atoms with Crippen LogP contribution in [0.5, 0.6) is 0 Å². The number of piperazine rings is 1. The van der Waals surface area contributed by atoms with Crippen LogP contribution in [-0.4, -0.2) is 70.9 Å². The molecule has 2 fully saturated rings. The average molecular weight is 346 g/mol. The van der Waals surface area contributed by atoms with Gasteiger partial charge in [0.25, 0.3) is 0 Å². The first-order chi connectivity index (χ1) is 11.4. The summed E-state index contributed by atoms with van der Waals surface area (Å²) >= 11 is 0. The number of nitrogens with zero attached hydrogens (tertiary/aromatic N) is 4. The van der Waals surface area contributed by atoms with Gasteiger partial charge in [-0.2, -0.15) is 18.3 Å². The molecule has 0 saturated carbocycles. The van der Waals surface area contributed by atoms with Gasteiger partial charge < -0.3 is 9.64 Å². The zero-order valence-electron chi connectivity index (χ0n) is 13.3. The summed E-state index contributed by atoms with van der Waals surface area (Å²) in [7, 11) is 0.